The van der Waals surface area contributed by atoms with Crippen molar-refractivity contribution < 1.29 is 13.9 Å². The fraction of sp³-hybridized carbons (Fsp3) is 0.273. The van der Waals surface area contributed by atoms with E-state index in [-0.39, 0.29) is 6.54 Å². The molecule has 0 fully saturated rings. The van der Waals surface area contributed by atoms with E-state index in [9.17, 15) is 9.59 Å². The monoisotopic (exact) mass is 299 g/mol. The van der Waals surface area contributed by atoms with Crippen LogP contribution in [0.5, 0.6) is 0 Å². The van der Waals surface area contributed by atoms with Crippen LogP contribution in [0.4, 0.5) is 0 Å². The summed E-state index contributed by atoms with van der Waals surface area (Å²) in [6.07, 6.45) is 0. The van der Waals surface area contributed by atoms with Crippen molar-refractivity contribution >= 4 is 33.0 Å². The van der Waals surface area contributed by atoms with Crippen LogP contribution in [-0.4, -0.2) is 22.5 Å². The van der Waals surface area contributed by atoms with Gasteiger partial charge in [0.1, 0.15) is 4.83 Å². The maximum atomic E-state index is 11.6. The first kappa shape index (κ1) is 11.9. The van der Waals surface area contributed by atoms with Crippen LogP contribution in [-0.2, 0) is 16.1 Å². The van der Waals surface area contributed by atoms with E-state index in [4.69, 9.17) is 4.42 Å². The lowest BCUT2D eigenvalue weighted by atomic mass is 10.3. The van der Waals surface area contributed by atoms with Crippen molar-refractivity contribution in [3.05, 3.63) is 34.8 Å². The molecule has 1 aromatic carbocycles. The smallest absolute Gasteiger partial charge is 0.420 e. The molecule has 0 amide bonds. The molecule has 0 aliphatic rings. The summed E-state index contributed by atoms with van der Waals surface area (Å²) in [5.74, 6) is -0.915. The van der Waals surface area contributed by atoms with Gasteiger partial charge in [-0.25, -0.2) is 4.79 Å². The number of carbonyl (C=O) groups is 1. The van der Waals surface area contributed by atoms with Crippen LogP contribution in [0.15, 0.2) is 33.5 Å². The van der Waals surface area contributed by atoms with Gasteiger partial charge in [-0.3, -0.25) is 9.36 Å². The topological polar surface area (TPSA) is 61.4 Å². The summed E-state index contributed by atoms with van der Waals surface area (Å²) in [7, 11) is 1.30. The molecule has 0 saturated heterocycles. The maximum absolute atomic E-state index is 11.6. The highest BCUT2D eigenvalue weighted by Crippen LogP contribution is 2.14. The molecule has 1 unspecified atom stereocenters. The molecule has 1 heterocycles. The predicted octanol–water partition coefficient (Wildman–Crippen LogP) is 1.53. The number of rotatable bonds is 3. The number of hydrogen-bond acceptors (Lipinski definition) is 4. The number of halogens is 1. The van der Waals surface area contributed by atoms with E-state index in [1.165, 1.54) is 11.7 Å². The number of fused-ring (bicyclic) bond motifs is 1. The van der Waals surface area contributed by atoms with Gasteiger partial charge in [-0.15, -0.1) is 0 Å². The zero-order chi connectivity index (χ0) is 12.4. The average Bonchev–Trinajstić information content (AvgIpc) is 2.65. The van der Waals surface area contributed by atoms with Gasteiger partial charge in [0.2, 0.25) is 0 Å². The van der Waals surface area contributed by atoms with Crippen molar-refractivity contribution in [2.45, 2.75) is 11.4 Å². The van der Waals surface area contributed by atoms with Gasteiger partial charge in [0, 0.05) is 0 Å². The van der Waals surface area contributed by atoms with E-state index >= 15 is 0 Å². The summed E-state index contributed by atoms with van der Waals surface area (Å²) in [5, 5.41) is 0. The highest BCUT2D eigenvalue weighted by molar-refractivity contribution is 9.10. The molecule has 90 valence electrons. The second kappa shape index (κ2) is 4.75. The third-order valence-corrected chi connectivity index (χ3v) is 3.04. The standard InChI is InChI=1S/C11H10BrNO4/c1-16-10(14)7(12)6-13-8-4-2-3-5-9(8)17-11(13)15/h2-5,7H,6H2,1H3. The Morgan fingerprint density at radius 3 is 2.94 bits per heavy atom. The quantitative estimate of drug-likeness (QED) is 0.637. The molecule has 17 heavy (non-hydrogen) atoms. The molecule has 1 atom stereocenters. The molecule has 2 rings (SSSR count). The number of esters is 1. The molecule has 0 radical (unpaired) electrons. The lowest BCUT2D eigenvalue weighted by Gasteiger charge is -2.07. The number of benzene rings is 1. The molecular weight excluding hydrogens is 290 g/mol. The summed E-state index contributed by atoms with van der Waals surface area (Å²) in [6, 6.07) is 7.04. The third-order valence-electron chi connectivity index (χ3n) is 2.37. The van der Waals surface area contributed by atoms with Gasteiger partial charge in [0.15, 0.2) is 5.58 Å². The maximum Gasteiger partial charge on any atom is 0.420 e. The zero-order valence-electron chi connectivity index (χ0n) is 9.05. The Labute approximate surface area is 105 Å². The molecule has 0 saturated carbocycles. The van der Waals surface area contributed by atoms with Gasteiger partial charge in [-0.05, 0) is 12.1 Å². The predicted molar refractivity (Wildman–Crippen MR) is 65.2 cm³/mol. The van der Waals surface area contributed by atoms with E-state index < -0.39 is 16.6 Å². The van der Waals surface area contributed by atoms with Gasteiger partial charge in [0.25, 0.3) is 0 Å². The number of ether oxygens (including phenoxy) is 1. The van der Waals surface area contributed by atoms with Crippen LogP contribution in [0.3, 0.4) is 0 Å². The molecule has 0 aliphatic carbocycles. The van der Waals surface area contributed by atoms with Crippen molar-refractivity contribution in [3.63, 3.8) is 0 Å². The van der Waals surface area contributed by atoms with Gasteiger partial charge in [-0.1, -0.05) is 28.1 Å². The fourth-order valence-electron chi connectivity index (χ4n) is 1.55. The van der Waals surface area contributed by atoms with E-state index in [2.05, 4.69) is 20.7 Å². The van der Waals surface area contributed by atoms with Crippen LogP contribution < -0.4 is 5.76 Å². The summed E-state index contributed by atoms with van der Waals surface area (Å²) in [5.41, 5.74) is 1.16. The highest BCUT2D eigenvalue weighted by Gasteiger charge is 2.19. The van der Waals surface area contributed by atoms with E-state index in [0.717, 1.165) is 0 Å². The highest BCUT2D eigenvalue weighted by atomic mass is 79.9. The second-order valence-electron chi connectivity index (χ2n) is 3.44. The van der Waals surface area contributed by atoms with Gasteiger partial charge in [0.05, 0.1) is 19.2 Å². The first-order valence-corrected chi connectivity index (χ1v) is 5.85. The fourth-order valence-corrected chi connectivity index (χ4v) is 2.03. The summed E-state index contributed by atoms with van der Waals surface area (Å²) in [4.78, 5) is 22.3. The largest absolute Gasteiger partial charge is 0.468 e. The summed E-state index contributed by atoms with van der Waals surface area (Å²) < 4.78 is 11.0. The number of aromatic nitrogens is 1. The summed E-state index contributed by atoms with van der Waals surface area (Å²) >= 11 is 3.17. The number of alkyl halides is 1. The Hall–Kier alpha value is -1.56. The molecule has 1 aromatic heterocycles. The SMILES string of the molecule is COC(=O)C(Br)Cn1c(=O)oc2ccccc21. The number of carbonyl (C=O) groups excluding carboxylic acids is 1. The number of oxazole rings is 1. The Bertz CT molecular complexity index is 601. The van der Waals surface area contributed by atoms with Crippen LogP contribution >= 0.6 is 15.9 Å². The van der Waals surface area contributed by atoms with E-state index in [1.807, 2.05) is 0 Å². The molecule has 6 heteroatoms. The second-order valence-corrected chi connectivity index (χ2v) is 4.54. The lowest BCUT2D eigenvalue weighted by molar-refractivity contribution is -0.140. The molecule has 0 N–H and O–H groups in total. The van der Waals surface area contributed by atoms with Gasteiger partial charge in [-0.2, -0.15) is 0 Å². The first-order chi connectivity index (χ1) is 8.13. The Balaban J connectivity index is 2.39. The zero-order valence-corrected chi connectivity index (χ0v) is 10.6. The molecule has 0 spiro atoms. The van der Waals surface area contributed by atoms with Crippen LogP contribution in [0, 0.1) is 0 Å². The molecule has 5 nitrogen and oxygen atoms in total. The molecule has 0 aliphatic heterocycles. The first-order valence-electron chi connectivity index (χ1n) is 4.93. The van der Waals surface area contributed by atoms with Gasteiger partial charge < -0.3 is 9.15 Å². The summed E-state index contributed by atoms with van der Waals surface area (Å²) in [6.45, 7) is 0.169. The third kappa shape index (κ3) is 2.26. The van der Waals surface area contributed by atoms with Crippen molar-refractivity contribution in [1.82, 2.24) is 4.57 Å². The van der Waals surface area contributed by atoms with Crippen molar-refractivity contribution in [1.29, 1.82) is 0 Å². The minimum absolute atomic E-state index is 0.169. The minimum Gasteiger partial charge on any atom is -0.468 e. The van der Waals surface area contributed by atoms with E-state index in [1.54, 1.807) is 24.3 Å². The molecular formula is C11H10BrNO4. The van der Waals surface area contributed by atoms with Crippen LogP contribution in [0.25, 0.3) is 11.1 Å². The van der Waals surface area contributed by atoms with Crippen molar-refractivity contribution in [2.24, 2.45) is 0 Å². The number of hydrogen-bond donors (Lipinski definition) is 0. The van der Waals surface area contributed by atoms with E-state index in [0.29, 0.717) is 11.1 Å². The van der Waals surface area contributed by atoms with Gasteiger partial charge >= 0.3 is 11.7 Å². The molecule has 2 aromatic rings. The van der Waals surface area contributed by atoms with Crippen LogP contribution in [0.2, 0.25) is 0 Å². The molecule has 0 bridgehead atoms. The Morgan fingerprint density at radius 2 is 2.24 bits per heavy atom. The van der Waals surface area contributed by atoms with Crippen LogP contribution in [0.1, 0.15) is 0 Å². The Kier molecular flexibility index (Phi) is 3.33. The number of methoxy groups -OCH3 is 1. The van der Waals surface area contributed by atoms with Crippen molar-refractivity contribution in [3.8, 4) is 0 Å². The normalized spacial score (nSPS) is 12.6. The minimum atomic E-state index is -0.578. The number of nitrogens with zero attached hydrogens (tertiary/aromatic N) is 1. The lowest BCUT2D eigenvalue weighted by Crippen LogP contribution is -2.26. The number of para-hydroxylation sites is 2. The Morgan fingerprint density at radius 1 is 1.53 bits per heavy atom. The van der Waals surface area contributed by atoms with Crippen molar-refractivity contribution in [2.75, 3.05) is 7.11 Å². The average molecular weight is 300 g/mol.